The van der Waals surface area contributed by atoms with Gasteiger partial charge in [-0.15, -0.1) is 0 Å². The van der Waals surface area contributed by atoms with Crippen LogP contribution in [0.3, 0.4) is 0 Å². The number of aliphatic hydroxyl groups is 1. The van der Waals surface area contributed by atoms with Crippen molar-refractivity contribution in [1.29, 1.82) is 0 Å². The molecule has 1 aliphatic rings. The molecular formula is C14H14N2O5. The molecule has 1 aliphatic carbocycles. The maximum atomic E-state index is 12.5. The molecule has 0 spiro atoms. The van der Waals surface area contributed by atoms with Crippen molar-refractivity contribution in [3.63, 3.8) is 0 Å². The summed E-state index contributed by atoms with van der Waals surface area (Å²) in [5.74, 6) is -3.19. The fraction of sp³-hybridized carbons (Fsp3) is 0.286. The molecule has 0 aromatic carbocycles. The lowest BCUT2D eigenvalue weighted by Crippen LogP contribution is -2.42. The van der Waals surface area contributed by atoms with Gasteiger partial charge in [-0.3, -0.25) is 19.4 Å². The Kier molecular flexibility index (Phi) is 3.51. The Labute approximate surface area is 120 Å². The van der Waals surface area contributed by atoms with Crippen LogP contribution < -0.4 is 5.32 Å². The highest BCUT2D eigenvalue weighted by Crippen LogP contribution is 2.38. The first-order chi connectivity index (χ1) is 9.76. The minimum absolute atomic E-state index is 0.343. The second-order valence-electron chi connectivity index (χ2n) is 5.18. The zero-order valence-electron chi connectivity index (χ0n) is 11.5. The molecule has 0 atom stereocenters. The largest absolute Gasteiger partial charge is 0.506 e. The maximum Gasteiger partial charge on any atom is 0.322 e. The van der Waals surface area contributed by atoms with E-state index < -0.39 is 41.0 Å². The molecule has 7 nitrogen and oxygen atoms in total. The molecule has 110 valence electrons. The van der Waals surface area contributed by atoms with Crippen LogP contribution in [-0.2, 0) is 19.8 Å². The van der Waals surface area contributed by atoms with Crippen molar-refractivity contribution in [2.45, 2.75) is 19.3 Å². The fourth-order valence-corrected chi connectivity index (χ4v) is 2.23. The first-order valence-electron chi connectivity index (χ1n) is 6.19. The number of nitrogens with one attached hydrogen (secondary N) is 1. The highest BCUT2D eigenvalue weighted by atomic mass is 16.4. The van der Waals surface area contributed by atoms with E-state index in [2.05, 4.69) is 10.3 Å². The Morgan fingerprint density at radius 1 is 1.38 bits per heavy atom. The molecule has 0 unspecified atom stereocenters. The lowest BCUT2D eigenvalue weighted by atomic mass is 9.71. The van der Waals surface area contributed by atoms with Gasteiger partial charge in [0, 0.05) is 18.0 Å². The van der Waals surface area contributed by atoms with E-state index in [-0.39, 0.29) is 0 Å². The predicted octanol–water partition coefficient (Wildman–Crippen LogP) is 0.412. The quantitative estimate of drug-likeness (QED) is 0.694. The number of aliphatic carboxylic acids is 1. The second-order valence-corrected chi connectivity index (χ2v) is 5.18. The smallest absolute Gasteiger partial charge is 0.322 e. The monoisotopic (exact) mass is 290 g/mol. The van der Waals surface area contributed by atoms with Crippen molar-refractivity contribution in [3.8, 4) is 0 Å². The number of ketones is 1. The van der Waals surface area contributed by atoms with Crippen molar-refractivity contribution >= 4 is 23.4 Å². The van der Waals surface area contributed by atoms with Crippen molar-refractivity contribution in [1.82, 2.24) is 10.3 Å². The molecule has 1 amide bonds. The Bertz CT molecular complexity index is 676. The standard InChI is InChI=1S/C14H14N2O5/c1-14(2)8-5-15-4-3-7(8)11(19)10(12(14)20)13(21)16-6-9(17)18/h3-5,19H,6H2,1-2H3,(H,16,21)(H,17,18). The number of carbonyl (C=O) groups excluding carboxylic acids is 2. The minimum atomic E-state index is -1.24. The van der Waals surface area contributed by atoms with Gasteiger partial charge in [-0.25, -0.2) is 0 Å². The van der Waals surface area contributed by atoms with Crippen molar-refractivity contribution in [3.05, 3.63) is 35.2 Å². The van der Waals surface area contributed by atoms with Crippen LogP contribution in [0.2, 0.25) is 0 Å². The van der Waals surface area contributed by atoms with Gasteiger partial charge in [0.05, 0.1) is 5.41 Å². The zero-order chi connectivity index (χ0) is 15.8. The summed E-state index contributed by atoms with van der Waals surface area (Å²) in [5.41, 5.74) is -0.608. The summed E-state index contributed by atoms with van der Waals surface area (Å²) in [5, 5.41) is 20.8. The summed E-state index contributed by atoms with van der Waals surface area (Å²) in [4.78, 5) is 38.9. The Morgan fingerprint density at radius 2 is 2.05 bits per heavy atom. The van der Waals surface area contributed by atoms with E-state index in [4.69, 9.17) is 5.11 Å². The van der Waals surface area contributed by atoms with Gasteiger partial charge in [0.25, 0.3) is 5.91 Å². The van der Waals surface area contributed by atoms with Gasteiger partial charge >= 0.3 is 5.97 Å². The van der Waals surface area contributed by atoms with Gasteiger partial charge in [-0.1, -0.05) is 0 Å². The third-order valence-corrected chi connectivity index (χ3v) is 3.41. The molecule has 1 heterocycles. The van der Waals surface area contributed by atoms with E-state index in [1.807, 2.05) is 0 Å². The topological polar surface area (TPSA) is 117 Å². The van der Waals surface area contributed by atoms with Gasteiger partial charge in [-0.2, -0.15) is 0 Å². The summed E-state index contributed by atoms with van der Waals surface area (Å²) in [6, 6.07) is 1.50. The number of hydrogen-bond donors (Lipinski definition) is 3. The Hall–Kier alpha value is -2.70. The number of carboxylic acids is 1. The molecule has 0 aliphatic heterocycles. The summed E-state index contributed by atoms with van der Waals surface area (Å²) in [7, 11) is 0. The van der Waals surface area contributed by atoms with E-state index in [0.29, 0.717) is 11.1 Å². The maximum absolute atomic E-state index is 12.5. The number of rotatable bonds is 3. The summed E-state index contributed by atoms with van der Waals surface area (Å²) >= 11 is 0. The summed E-state index contributed by atoms with van der Waals surface area (Å²) < 4.78 is 0. The highest BCUT2D eigenvalue weighted by molar-refractivity contribution is 6.28. The zero-order valence-corrected chi connectivity index (χ0v) is 11.5. The van der Waals surface area contributed by atoms with Crippen LogP contribution in [-0.4, -0.2) is 39.4 Å². The number of fused-ring (bicyclic) bond motifs is 1. The van der Waals surface area contributed by atoms with Crippen molar-refractivity contribution in [2.75, 3.05) is 6.54 Å². The number of hydrogen-bond acceptors (Lipinski definition) is 5. The first-order valence-corrected chi connectivity index (χ1v) is 6.19. The van der Waals surface area contributed by atoms with Crippen LogP contribution in [0.25, 0.3) is 5.76 Å². The number of Topliss-reactive ketones (excluding diaryl/α,β-unsaturated/α-hetero) is 1. The van der Waals surface area contributed by atoms with Gasteiger partial charge in [-0.05, 0) is 25.5 Å². The highest BCUT2D eigenvalue weighted by Gasteiger charge is 2.43. The van der Waals surface area contributed by atoms with Gasteiger partial charge < -0.3 is 15.5 Å². The van der Waals surface area contributed by atoms with E-state index in [0.717, 1.165) is 0 Å². The van der Waals surface area contributed by atoms with E-state index in [1.165, 1.54) is 18.5 Å². The number of aromatic nitrogens is 1. The summed E-state index contributed by atoms with van der Waals surface area (Å²) in [6.07, 6.45) is 2.91. The Balaban J connectivity index is 2.52. The van der Waals surface area contributed by atoms with Crippen molar-refractivity contribution in [2.24, 2.45) is 0 Å². The first kappa shape index (κ1) is 14.7. The SMILES string of the molecule is CC1(C)C(=O)C(C(=O)NCC(=O)O)=C(O)c2ccncc21. The molecule has 7 heteroatoms. The predicted molar refractivity (Wildman–Crippen MR) is 72.5 cm³/mol. The van der Waals surface area contributed by atoms with Gasteiger partial charge in [0.1, 0.15) is 17.9 Å². The third kappa shape index (κ3) is 2.37. The lowest BCUT2D eigenvalue weighted by molar-refractivity contribution is -0.138. The molecule has 0 saturated carbocycles. The number of carbonyl (C=O) groups is 3. The Morgan fingerprint density at radius 3 is 2.67 bits per heavy atom. The average Bonchev–Trinajstić information content (AvgIpc) is 2.43. The van der Waals surface area contributed by atoms with Crippen LogP contribution >= 0.6 is 0 Å². The number of aliphatic hydroxyl groups excluding tert-OH is 1. The molecule has 0 fully saturated rings. The molecule has 1 aromatic heterocycles. The molecule has 0 bridgehead atoms. The van der Waals surface area contributed by atoms with Crippen LogP contribution in [0.1, 0.15) is 25.0 Å². The normalized spacial score (nSPS) is 16.4. The lowest BCUT2D eigenvalue weighted by Gasteiger charge is -2.31. The van der Waals surface area contributed by atoms with E-state index >= 15 is 0 Å². The van der Waals surface area contributed by atoms with Crippen LogP contribution in [0, 0.1) is 0 Å². The molecule has 1 aromatic rings. The number of nitrogens with zero attached hydrogens (tertiary/aromatic N) is 1. The van der Waals surface area contributed by atoms with Crippen LogP contribution in [0.4, 0.5) is 0 Å². The van der Waals surface area contributed by atoms with Crippen LogP contribution in [0.5, 0.6) is 0 Å². The van der Waals surface area contributed by atoms with Crippen LogP contribution in [0.15, 0.2) is 24.0 Å². The molecule has 0 radical (unpaired) electrons. The van der Waals surface area contributed by atoms with E-state index in [1.54, 1.807) is 13.8 Å². The molecular weight excluding hydrogens is 276 g/mol. The van der Waals surface area contributed by atoms with E-state index in [9.17, 15) is 19.5 Å². The molecule has 21 heavy (non-hydrogen) atoms. The average molecular weight is 290 g/mol. The molecule has 2 rings (SSSR count). The third-order valence-electron chi connectivity index (χ3n) is 3.41. The van der Waals surface area contributed by atoms with Gasteiger partial charge in [0.15, 0.2) is 5.78 Å². The number of carboxylic acid groups (broad SMARTS) is 1. The number of pyridine rings is 1. The molecule has 0 saturated heterocycles. The molecule has 3 N–H and O–H groups in total. The summed E-state index contributed by atoms with van der Waals surface area (Å²) in [6.45, 7) is 2.60. The fourth-order valence-electron chi connectivity index (χ4n) is 2.23. The van der Waals surface area contributed by atoms with Crippen molar-refractivity contribution < 1.29 is 24.6 Å². The van der Waals surface area contributed by atoms with Gasteiger partial charge in [0.2, 0.25) is 0 Å². The number of amides is 1. The second kappa shape index (κ2) is 5.01. The minimum Gasteiger partial charge on any atom is -0.506 e.